The molecule has 2 aliphatic heterocycles. The first-order valence-electron chi connectivity index (χ1n) is 7.05. The molecule has 2 aliphatic rings. The molecule has 2 amide bonds. The van der Waals surface area contributed by atoms with Crippen molar-refractivity contribution >= 4 is 11.8 Å². The van der Waals surface area contributed by atoms with Crippen molar-refractivity contribution < 1.29 is 14.3 Å². The van der Waals surface area contributed by atoms with Gasteiger partial charge in [0.25, 0.3) is 0 Å². The van der Waals surface area contributed by atoms with Gasteiger partial charge in [-0.2, -0.15) is 0 Å². The summed E-state index contributed by atoms with van der Waals surface area (Å²) in [5.74, 6) is -0.0610. The predicted octanol–water partition coefficient (Wildman–Crippen LogP) is -0.508. The van der Waals surface area contributed by atoms with Gasteiger partial charge in [0, 0.05) is 26.7 Å². The van der Waals surface area contributed by atoms with Crippen LogP contribution in [-0.4, -0.2) is 62.1 Å². The quantitative estimate of drug-likeness (QED) is 0.705. The van der Waals surface area contributed by atoms with Crippen LogP contribution in [0.3, 0.4) is 0 Å². The fraction of sp³-hybridized carbons (Fsp3) is 0.846. The van der Waals surface area contributed by atoms with Gasteiger partial charge in [-0.05, 0) is 25.7 Å². The Morgan fingerprint density at radius 2 is 2.16 bits per heavy atom. The Kier molecular flexibility index (Phi) is 5.15. The second-order valence-electron chi connectivity index (χ2n) is 5.13. The van der Waals surface area contributed by atoms with Gasteiger partial charge in [0.2, 0.25) is 11.8 Å². The van der Waals surface area contributed by atoms with Crippen LogP contribution >= 0.6 is 0 Å². The molecule has 2 heterocycles. The molecule has 0 unspecified atom stereocenters. The number of likely N-dealkylation sites (tertiary alicyclic amines) is 1. The fourth-order valence-corrected chi connectivity index (χ4v) is 2.75. The molecule has 6 heteroatoms. The van der Waals surface area contributed by atoms with Gasteiger partial charge in [-0.3, -0.25) is 9.59 Å². The lowest BCUT2D eigenvalue weighted by Gasteiger charge is -2.23. The van der Waals surface area contributed by atoms with Gasteiger partial charge in [0.1, 0.15) is 6.04 Å². The average Bonchev–Trinajstić information content (AvgIpc) is 3.08. The van der Waals surface area contributed by atoms with Gasteiger partial charge in [-0.25, -0.2) is 0 Å². The minimum absolute atomic E-state index is 0.00379. The molecule has 0 radical (unpaired) electrons. The zero-order chi connectivity index (χ0) is 13.7. The van der Waals surface area contributed by atoms with Gasteiger partial charge < -0.3 is 20.3 Å². The third kappa shape index (κ3) is 3.67. The van der Waals surface area contributed by atoms with E-state index in [1.807, 2.05) is 0 Å². The minimum Gasteiger partial charge on any atom is -0.377 e. The summed E-state index contributed by atoms with van der Waals surface area (Å²) in [6.45, 7) is 2.50. The van der Waals surface area contributed by atoms with Crippen molar-refractivity contribution in [3.05, 3.63) is 0 Å². The van der Waals surface area contributed by atoms with E-state index in [1.165, 1.54) is 0 Å². The maximum atomic E-state index is 12.1. The smallest absolute Gasteiger partial charge is 0.242 e. The maximum absolute atomic E-state index is 12.1. The largest absolute Gasteiger partial charge is 0.377 e. The van der Waals surface area contributed by atoms with Crippen LogP contribution < -0.4 is 10.6 Å². The van der Waals surface area contributed by atoms with Crippen LogP contribution in [0.5, 0.6) is 0 Å². The first-order valence-corrected chi connectivity index (χ1v) is 7.05. The lowest BCUT2D eigenvalue weighted by Crippen LogP contribution is -2.48. The highest BCUT2D eigenvalue weighted by molar-refractivity contribution is 5.88. The van der Waals surface area contributed by atoms with Gasteiger partial charge in [0.05, 0.1) is 12.6 Å². The van der Waals surface area contributed by atoms with E-state index in [1.54, 1.807) is 11.9 Å². The third-order valence-electron chi connectivity index (χ3n) is 3.79. The molecule has 19 heavy (non-hydrogen) atoms. The van der Waals surface area contributed by atoms with Crippen LogP contribution in [0.25, 0.3) is 0 Å². The molecule has 108 valence electrons. The SMILES string of the molecule is CNC(=O)[C@@H]1CCCN1C(=O)CNC[C@H]1CCCO1. The fourth-order valence-electron chi connectivity index (χ4n) is 2.75. The van der Waals surface area contributed by atoms with E-state index in [2.05, 4.69) is 10.6 Å². The molecule has 2 saturated heterocycles. The summed E-state index contributed by atoms with van der Waals surface area (Å²) in [6, 6.07) is -0.290. The summed E-state index contributed by atoms with van der Waals surface area (Å²) in [5.41, 5.74) is 0. The minimum atomic E-state index is -0.290. The zero-order valence-corrected chi connectivity index (χ0v) is 11.5. The van der Waals surface area contributed by atoms with Crippen molar-refractivity contribution in [1.82, 2.24) is 15.5 Å². The van der Waals surface area contributed by atoms with Crippen LogP contribution in [0.15, 0.2) is 0 Å². The van der Waals surface area contributed by atoms with Gasteiger partial charge in [-0.1, -0.05) is 0 Å². The summed E-state index contributed by atoms with van der Waals surface area (Å²) in [4.78, 5) is 25.4. The Morgan fingerprint density at radius 1 is 1.32 bits per heavy atom. The number of nitrogens with zero attached hydrogens (tertiary/aromatic N) is 1. The Hall–Kier alpha value is -1.14. The molecule has 2 N–H and O–H groups in total. The number of hydrogen-bond acceptors (Lipinski definition) is 4. The molecular weight excluding hydrogens is 246 g/mol. The molecule has 0 aromatic rings. The van der Waals surface area contributed by atoms with E-state index in [4.69, 9.17) is 4.74 Å². The Bertz CT molecular complexity index is 329. The number of carbonyl (C=O) groups is 2. The van der Waals surface area contributed by atoms with Crippen molar-refractivity contribution in [2.45, 2.75) is 37.8 Å². The van der Waals surface area contributed by atoms with E-state index in [0.717, 1.165) is 32.3 Å². The number of rotatable bonds is 5. The molecule has 2 fully saturated rings. The Morgan fingerprint density at radius 3 is 2.84 bits per heavy atom. The molecule has 0 aromatic carbocycles. The van der Waals surface area contributed by atoms with E-state index in [9.17, 15) is 9.59 Å². The summed E-state index contributed by atoms with van der Waals surface area (Å²) >= 11 is 0. The molecule has 6 nitrogen and oxygen atoms in total. The lowest BCUT2D eigenvalue weighted by atomic mass is 10.2. The van der Waals surface area contributed by atoms with Crippen LogP contribution in [-0.2, 0) is 14.3 Å². The normalized spacial score (nSPS) is 26.7. The molecule has 0 aliphatic carbocycles. The standard InChI is InChI=1S/C13H23N3O3/c1-14-13(18)11-5-2-6-16(11)12(17)9-15-8-10-4-3-7-19-10/h10-11,15H,2-9H2,1H3,(H,14,18)/t10-,11+/m1/s1. The molecule has 2 rings (SSSR count). The Balaban J connectivity index is 1.73. The van der Waals surface area contributed by atoms with Gasteiger partial charge in [-0.15, -0.1) is 0 Å². The van der Waals surface area contributed by atoms with Crippen molar-refractivity contribution in [2.75, 3.05) is 33.3 Å². The second-order valence-corrected chi connectivity index (χ2v) is 5.13. The van der Waals surface area contributed by atoms with Crippen LogP contribution in [0.4, 0.5) is 0 Å². The summed E-state index contributed by atoms with van der Waals surface area (Å²) in [5, 5.41) is 5.75. The van der Waals surface area contributed by atoms with Crippen molar-refractivity contribution in [3.8, 4) is 0 Å². The van der Waals surface area contributed by atoms with E-state index in [-0.39, 0.29) is 30.5 Å². The van der Waals surface area contributed by atoms with E-state index >= 15 is 0 Å². The van der Waals surface area contributed by atoms with Crippen LogP contribution in [0, 0.1) is 0 Å². The predicted molar refractivity (Wildman–Crippen MR) is 70.6 cm³/mol. The highest BCUT2D eigenvalue weighted by atomic mass is 16.5. The van der Waals surface area contributed by atoms with Crippen LogP contribution in [0.2, 0.25) is 0 Å². The maximum Gasteiger partial charge on any atom is 0.242 e. The van der Waals surface area contributed by atoms with E-state index in [0.29, 0.717) is 13.1 Å². The first kappa shape index (κ1) is 14.3. The lowest BCUT2D eigenvalue weighted by molar-refractivity contribution is -0.137. The molecule has 0 bridgehead atoms. The van der Waals surface area contributed by atoms with E-state index < -0.39 is 0 Å². The topological polar surface area (TPSA) is 70.7 Å². The molecular formula is C13H23N3O3. The highest BCUT2D eigenvalue weighted by Gasteiger charge is 2.33. The first-order chi connectivity index (χ1) is 9.22. The number of hydrogen-bond donors (Lipinski definition) is 2. The van der Waals surface area contributed by atoms with Gasteiger partial charge >= 0.3 is 0 Å². The molecule has 2 atom stereocenters. The number of ether oxygens (including phenoxy) is 1. The third-order valence-corrected chi connectivity index (χ3v) is 3.79. The molecule has 0 spiro atoms. The average molecular weight is 269 g/mol. The summed E-state index contributed by atoms with van der Waals surface area (Å²) in [7, 11) is 1.61. The highest BCUT2D eigenvalue weighted by Crippen LogP contribution is 2.17. The van der Waals surface area contributed by atoms with Crippen molar-refractivity contribution in [2.24, 2.45) is 0 Å². The van der Waals surface area contributed by atoms with Gasteiger partial charge in [0.15, 0.2) is 0 Å². The molecule has 0 aromatic heterocycles. The zero-order valence-electron chi connectivity index (χ0n) is 11.5. The summed E-state index contributed by atoms with van der Waals surface area (Å²) < 4.78 is 5.49. The number of carbonyl (C=O) groups excluding carboxylic acids is 2. The summed E-state index contributed by atoms with van der Waals surface area (Å²) in [6.07, 6.45) is 4.06. The second kappa shape index (κ2) is 6.86. The van der Waals surface area contributed by atoms with Crippen molar-refractivity contribution in [1.29, 1.82) is 0 Å². The number of likely N-dealkylation sites (N-methyl/N-ethyl adjacent to an activating group) is 1. The Labute approximate surface area is 113 Å². The van der Waals surface area contributed by atoms with Crippen molar-refractivity contribution in [3.63, 3.8) is 0 Å². The monoisotopic (exact) mass is 269 g/mol. The van der Waals surface area contributed by atoms with Crippen LogP contribution in [0.1, 0.15) is 25.7 Å². The number of amides is 2. The number of nitrogens with one attached hydrogen (secondary N) is 2. The molecule has 0 saturated carbocycles.